The van der Waals surface area contributed by atoms with Crippen molar-refractivity contribution in [2.45, 2.75) is 6.18 Å². The SMILES string of the molecule is O=C(/C=C/c1cccc(C(F)(F)F)c1)OCC(=O)c1ccc(-c2ccccc2)cc1. The van der Waals surface area contributed by atoms with Gasteiger partial charge in [-0.1, -0.05) is 66.7 Å². The Bertz CT molecular complexity index is 1050. The molecule has 3 aromatic carbocycles. The summed E-state index contributed by atoms with van der Waals surface area (Å²) in [5, 5.41) is 0. The number of carbonyl (C=O) groups excluding carboxylic acids is 2. The maximum Gasteiger partial charge on any atom is 0.416 e. The fourth-order valence-electron chi connectivity index (χ4n) is 2.73. The number of alkyl halides is 3. The van der Waals surface area contributed by atoms with Gasteiger partial charge in [-0.3, -0.25) is 4.79 Å². The molecule has 0 bridgehead atoms. The number of ketones is 1. The van der Waals surface area contributed by atoms with Crippen molar-refractivity contribution in [3.8, 4) is 11.1 Å². The summed E-state index contributed by atoms with van der Waals surface area (Å²) in [5.74, 6) is -1.20. The molecule has 3 aromatic rings. The lowest BCUT2D eigenvalue weighted by Gasteiger charge is -2.06. The minimum absolute atomic E-state index is 0.199. The Hall–Kier alpha value is -3.67. The van der Waals surface area contributed by atoms with Crippen molar-refractivity contribution in [2.24, 2.45) is 0 Å². The van der Waals surface area contributed by atoms with E-state index in [1.54, 1.807) is 24.3 Å². The van der Waals surface area contributed by atoms with Gasteiger partial charge in [-0.2, -0.15) is 13.2 Å². The third-order valence-electron chi connectivity index (χ3n) is 4.29. The molecule has 0 unspecified atom stereocenters. The molecule has 0 spiro atoms. The van der Waals surface area contributed by atoms with Gasteiger partial charge >= 0.3 is 12.1 Å². The predicted molar refractivity (Wildman–Crippen MR) is 108 cm³/mol. The molecular formula is C24H17F3O3. The molecule has 0 aliphatic carbocycles. The maximum absolute atomic E-state index is 12.7. The van der Waals surface area contributed by atoms with E-state index in [0.717, 1.165) is 29.3 Å². The Morgan fingerprint density at radius 2 is 1.50 bits per heavy atom. The number of hydrogen-bond donors (Lipinski definition) is 0. The van der Waals surface area contributed by atoms with Crippen LogP contribution in [0.25, 0.3) is 17.2 Å². The van der Waals surface area contributed by atoms with Gasteiger partial charge in [-0.05, 0) is 34.9 Å². The second-order valence-corrected chi connectivity index (χ2v) is 6.43. The van der Waals surface area contributed by atoms with Crippen LogP contribution in [0.2, 0.25) is 0 Å². The van der Waals surface area contributed by atoms with Crippen molar-refractivity contribution in [1.29, 1.82) is 0 Å². The highest BCUT2D eigenvalue weighted by Gasteiger charge is 2.30. The summed E-state index contributed by atoms with van der Waals surface area (Å²) < 4.78 is 43.0. The zero-order valence-electron chi connectivity index (χ0n) is 15.7. The van der Waals surface area contributed by atoms with Gasteiger partial charge in [0.25, 0.3) is 0 Å². The molecule has 0 saturated heterocycles. The van der Waals surface area contributed by atoms with E-state index in [2.05, 4.69) is 0 Å². The summed E-state index contributed by atoms with van der Waals surface area (Å²) in [6.07, 6.45) is -2.27. The van der Waals surface area contributed by atoms with Crippen molar-refractivity contribution in [3.05, 3.63) is 102 Å². The number of halogens is 3. The van der Waals surface area contributed by atoms with Gasteiger partial charge in [0.15, 0.2) is 12.4 Å². The zero-order chi connectivity index (χ0) is 21.6. The number of esters is 1. The molecule has 0 N–H and O–H groups in total. The van der Waals surface area contributed by atoms with Crippen molar-refractivity contribution < 1.29 is 27.5 Å². The van der Waals surface area contributed by atoms with Crippen molar-refractivity contribution in [2.75, 3.05) is 6.61 Å². The Labute approximate surface area is 171 Å². The summed E-state index contributed by atoms with van der Waals surface area (Å²) in [4.78, 5) is 24.0. The summed E-state index contributed by atoms with van der Waals surface area (Å²) >= 11 is 0. The van der Waals surface area contributed by atoms with Gasteiger partial charge in [0.05, 0.1) is 5.56 Å². The highest BCUT2D eigenvalue weighted by molar-refractivity contribution is 5.99. The minimum Gasteiger partial charge on any atom is -0.454 e. The molecule has 6 heteroatoms. The Morgan fingerprint density at radius 3 is 2.17 bits per heavy atom. The summed E-state index contributed by atoms with van der Waals surface area (Å²) in [6, 6.07) is 21.1. The van der Waals surface area contributed by atoms with Crippen LogP contribution < -0.4 is 0 Å². The molecule has 0 heterocycles. The van der Waals surface area contributed by atoms with Gasteiger partial charge in [-0.25, -0.2) is 4.79 Å². The zero-order valence-corrected chi connectivity index (χ0v) is 15.7. The second-order valence-electron chi connectivity index (χ2n) is 6.43. The van der Waals surface area contributed by atoms with Gasteiger partial charge in [0.2, 0.25) is 0 Å². The van der Waals surface area contributed by atoms with Crippen LogP contribution in [-0.2, 0) is 15.7 Å². The van der Waals surface area contributed by atoms with Gasteiger partial charge < -0.3 is 4.74 Å². The van der Waals surface area contributed by atoms with Gasteiger partial charge in [0.1, 0.15) is 0 Å². The van der Waals surface area contributed by atoms with Crippen molar-refractivity contribution in [1.82, 2.24) is 0 Å². The highest BCUT2D eigenvalue weighted by Crippen LogP contribution is 2.29. The topological polar surface area (TPSA) is 43.4 Å². The van der Waals surface area contributed by atoms with E-state index >= 15 is 0 Å². The maximum atomic E-state index is 12.7. The third-order valence-corrected chi connectivity index (χ3v) is 4.29. The van der Waals surface area contributed by atoms with Crippen molar-refractivity contribution >= 4 is 17.8 Å². The van der Waals surface area contributed by atoms with Gasteiger partial charge in [-0.15, -0.1) is 0 Å². The molecule has 3 rings (SSSR count). The van der Waals surface area contributed by atoms with E-state index in [0.29, 0.717) is 5.56 Å². The average molecular weight is 410 g/mol. The molecule has 0 fully saturated rings. The number of carbonyl (C=O) groups is 2. The van der Waals surface area contributed by atoms with Crippen LogP contribution in [-0.4, -0.2) is 18.4 Å². The molecular weight excluding hydrogens is 393 g/mol. The normalized spacial score (nSPS) is 11.4. The van der Waals surface area contributed by atoms with E-state index in [1.807, 2.05) is 30.3 Å². The molecule has 30 heavy (non-hydrogen) atoms. The highest BCUT2D eigenvalue weighted by atomic mass is 19.4. The van der Waals surface area contributed by atoms with Crippen LogP contribution in [0.4, 0.5) is 13.2 Å². The summed E-state index contributed by atoms with van der Waals surface area (Å²) in [7, 11) is 0. The molecule has 0 aliphatic rings. The summed E-state index contributed by atoms with van der Waals surface area (Å²) in [5.41, 5.74) is 1.75. The first-order valence-electron chi connectivity index (χ1n) is 9.04. The largest absolute Gasteiger partial charge is 0.454 e. The van der Waals surface area contributed by atoms with Crippen molar-refractivity contribution in [3.63, 3.8) is 0 Å². The minimum atomic E-state index is -4.47. The molecule has 0 aromatic heterocycles. The predicted octanol–water partition coefficient (Wildman–Crippen LogP) is 5.81. The summed E-state index contributed by atoms with van der Waals surface area (Å²) in [6.45, 7) is -0.462. The molecule has 3 nitrogen and oxygen atoms in total. The fraction of sp³-hybridized carbons (Fsp3) is 0.0833. The van der Waals surface area contributed by atoms with Crippen LogP contribution in [0.15, 0.2) is 84.9 Å². The van der Waals surface area contributed by atoms with Crippen LogP contribution in [0.5, 0.6) is 0 Å². The molecule has 0 aliphatic heterocycles. The number of benzene rings is 3. The third kappa shape index (κ3) is 5.67. The first-order chi connectivity index (χ1) is 14.3. The van der Waals surface area contributed by atoms with Crippen LogP contribution >= 0.6 is 0 Å². The van der Waals surface area contributed by atoms with Crippen LogP contribution in [0.3, 0.4) is 0 Å². The molecule has 0 amide bonds. The number of rotatable bonds is 6. The molecule has 0 atom stereocenters. The Kier molecular flexibility index (Phi) is 6.47. The molecule has 152 valence electrons. The Morgan fingerprint density at radius 1 is 0.833 bits per heavy atom. The number of Topliss-reactive ketones (excluding diaryl/α,β-unsaturated/α-hetero) is 1. The standard InChI is InChI=1S/C24H17F3O3/c25-24(26,27)21-8-4-5-17(15-21)9-14-23(29)30-16-22(28)20-12-10-19(11-13-20)18-6-2-1-3-7-18/h1-15H,16H2/b14-9+. The lowest BCUT2D eigenvalue weighted by molar-refractivity contribution is -0.138. The smallest absolute Gasteiger partial charge is 0.416 e. The quantitative estimate of drug-likeness (QED) is 0.293. The van der Waals surface area contributed by atoms with Crippen LogP contribution in [0.1, 0.15) is 21.5 Å². The number of hydrogen-bond acceptors (Lipinski definition) is 3. The Balaban J connectivity index is 1.56. The van der Waals surface area contributed by atoms with E-state index in [-0.39, 0.29) is 11.3 Å². The average Bonchev–Trinajstić information content (AvgIpc) is 2.76. The van der Waals surface area contributed by atoms with E-state index in [4.69, 9.17) is 4.74 Å². The number of ether oxygens (including phenoxy) is 1. The van der Waals surface area contributed by atoms with Gasteiger partial charge in [0, 0.05) is 11.6 Å². The monoisotopic (exact) mass is 410 g/mol. The lowest BCUT2D eigenvalue weighted by atomic mass is 10.0. The van der Waals surface area contributed by atoms with E-state index in [9.17, 15) is 22.8 Å². The molecule has 0 radical (unpaired) electrons. The first-order valence-corrected chi connectivity index (χ1v) is 9.04. The second kappa shape index (κ2) is 9.22. The fourth-order valence-corrected chi connectivity index (χ4v) is 2.73. The lowest BCUT2D eigenvalue weighted by Crippen LogP contribution is -2.12. The van der Waals surface area contributed by atoms with E-state index < -0.39 is 24.3 Å². The first kappa shape index (κ1) is 21.0. The van der Waals surface area contributed by atoms with Crippen LogP contribution in [0, 0.1) is 0 Å². The van der Waals surface area contributed by atoms with E-state index in [1.165, 1.54) is 18.2 Å². The molecule has 0 saturated carbocycles.